The van der Waals surface area contributed by atoms with Crippen LogP contribution in [0.5, 0.6) is 5.75 Å². The van der Waals surface area contributed by atoms with Crippen molar-refractivity contribution in [2.24, 2.45) is 0 Å². The first kappa shape index (κ1) is 16.2. The maximum absolute atomic E-state index is 12.0. The van der Waals surface area contributed by atoms with E-state index in [1.54, 1.807) is 0 Å². The Kier molecular flexibility index (Phi) is 4.70. The molecule has 0 radical (unpaired) electrons. The van der Waals surface area contributed by atoms with E-state index in [0.29, 0.717) is 13.0 Å². The molecule has 4 nitrogen and oxygen atoms in total. The number of fused-ring (bicyclic) bond motifs is 1. The lowest BCUT2D eigenvalue weighted by atomic mass is 10.0. The van der Waals surface area contributed by atoms with E-state index in [9.17, 15) is 4.79 Å². The molecular formula is C21H23NO3. The Bertz CT molecular complexity index is 748. The number of carbonyl (C=O) groups excluding carboxylic acids is 1. The second-order valence-electron chi connectivity index (χ2n) is 6.73. The fourth-order valence-corrected chi connectivity index (χ4v) is 3.47. The molecule has 130 valence electrons. The minimum atomic E-state index is 0.0644. The van der Waals surface area contributed by atoms with Gasteiger partial charge in [0.2, 0.25) is 5.91 Å². The molecule has 0 aliphatic carbocycles. The molecule has 25 heavy (non-hydrogen) atoms. The predicted molar refractivity (Wildman–Crippen MR) is 96.5 cm³/mol. The van der Waals surface area contributed by atoms with Crippen molar-refractivity contribution in [1.82, 2.24) is 5.32 Å². The summed E-state index contributed by atoms with van der Waals surface area (Å²) in [5.41, 5.74) is 4.78. The molecule has 2 aromatic rings. The lowest BCUT2D eigenvalue weighted by Gasteiger charge is -2.10. The average molecular weight is 337 g/mol. The van der Waals surface area contributed by atoms with E-state index >= 15 is 0 Å². The number of amides is 1. The van der Waals surface area contributed by atoms with Gasteiger partial charge in [-0.05, 0) is 47.2 Å². The van der Waals surface area contributed by atoms with Crippen molar-refractivity contribution < 1.29 is 14.3 Å². The minimum Gasteiger partial charge on any atom is -0.493 e. The van der Waals surface area contributed by atoms with Gasteiger partial charge in [-0.25, -0.2) is 0 Å². The molecule has 0 unspecified atom stereocenters. The summed E-state index contributed by atoms with van der Waals surface area (Å²) in [4.78, 5) is 12.0. The molecule has 0 spiro atoms. The van der Waals surface area contributed by atoms with Gasteiger partial charge >= 0.3 is 0 Å². The fourth-order valence-electron chi connectivity index (χ4n) is 3.47. The summed E-state index contributed by atoms with van der Waals surface area (Å²) in [7, 11) is 0. The van der Waals surface area contributed by atoms with Gasteiger partial charge in [0.05, 0.1) is 19.1 Å². The summed E-state index contributed by atoms with van der Waals surface area (Å²) < 4.78 is 11.1. The Morgan fingerprint density at radius 2 is 1.92 bits per heavy atom. The van der Waals surface area contributed by atoms with Crippen LogP contribution in [-0.2, 0) is 22.5 Å². The molecule has 4 rings (SSSR count). The van der Waals surface area contributed by atoms with E-state index in [1.165, 1.54) is 16.7 Å². The van der Waals surface area contributed by atoms with E-state index in [-0.39, 0.29) is 12.0 Å². The molecule has 2 aliphatic rings. The average Bonchev–Trinajstić information content (AvgIpc) is 3.31. The number of hydrogen-bond donors (Lipinski definition) is 1. The maximum Gasteiger partial charge on any atom is 0.222 e. The van der Waals surface area contributed by atoms with Crippen LogP contribution in [0.4, 0.5) is 0 Å². The van der Waals surface area contributed by atoms with Gasteiger partial charge in [-0.1, -0.05) is 30.3 Å². The molecule has 0 saturated carbocycles. The van der Waals surface area contributed by atoms with Gasteiger partial charge in [0.25, 0.3) is 0 Å². The summed E-state index contributed by atoms with van der Waals surface area (Å²) in [6.07, 6.45) is 3.61. The Labute approximate surface area is 148 Å². The number of ether oxygens (including phenoxy) is 2. The molecular weight excluding hydrogens is 314 g/mol. The first-order valence-corrected chi connectivity index (χ1v) is 9.01. The summed E-state index contributed by atoms with van der Waals surface area (Å²) >= 11 is 0. The zero-order chi connectivity index (χ0) is 17.1. The standard InChI is InChI=1S/C21H23NO3/c23-21(13-19-2-1-10-24-19)22-14-15-3-5-16(6-4-15)17-7-8-20-18(12-17)9-11-25-20/h3-8,12,19H,1-2,9-11,13-14H2,(H,22,23)/t19-/m1/s1. The monoisotopic (exact) mass is 337 g/mol. The lowest BCUT2D eigenvalue weighted by molar-refractivity contribution is -0.123. The van der Waals surface area contributed by atoms with Crippen molar-refractivity contribution in [3.63, 3.8) is 0 Å². The van der Waals surface area contributed by atoms with Crippen molar-refractivity contribution in [3.8, 4) is 16.9 Å². The first-order chi connectivity index (χ1) is 12.3. The SMILES string of the molecule is O=C(C[C@H]1CCCO1)NCc1ccc(-c2ccc3c(c2)CCO3)cc1. The van der Waals surface area contributed by atoms with Crippen LogP contribution in [0.25, 0.3) is 11.1 Å². The largest absolute Gasteiger partial charge is 0.493 e. The van der Waals surface area contributed by atoms with Crippen LogP contribution in [0.15, 0.2) is 42.5 Å². The van der Waals surface area contributed by atoms with Crippen molar-refractivity contribution in [2.45, 2.75) is 38.3 Å². The van der Waals surface area contributed by atoms with E-state index in [4.69, 9.17) is 9.47 Å². The van der Waals surface area contributed by atoms with Gasteiger partial charge in [-0.3, -0.25) is 4.79 Å². The van der Waals surface area contributed by atoms with Crippen molar-refractivity contribution in [1.29, 1.82) is 0 Å². The van der Waals surface area contributed by atoms with E-state index in [2.05, 4.69) is 47.8 Å². The van der Waals surface area contributed by atoms with Crippen LogP contribution in [-0.4, -0.2) is 25.2 Å². The van der Waals surface area contributed by atoms with Gasteiger partial charge < -0.3 is 14.8 Å². The molecule has 0 bridgehead atoms. The smallest absolute Gasteiger partial charge is 0.222 e. The number of rotatable bonds is 5. The highest BCUT2D eigenvalue weighted by Gasteiger charge is 2.18. The zero-order valence-corrected chi connectivity index (χ0v) is 14.3. The number of hydrogen-bond acceptors (Lipinski definition) is 3. The summed E-state index contributed by atoms with van der Waals surface area (Å²) in [6, 6.07) is 14.7. The zero-order valence-electron chi connectivity index (χ0n) is 14.3. The molecule has 1 N–H and O–H groups in total. The lowest BCUT2D eigenvalue weighted by Crippen LogP contribution is -2.26. The molecule has 2 heterocycles. The van der Waals surface area contributed by atoms with Gasteiger partial charge in [-0.15, -0.1) is 0 Å². The van der Waals surface area contributed by atoms with Crippen LogP contribution < -0.4 is 10.1 Å². The Morgan fingerprint density at radius 3 is 2.72 bits per heavy atom. The second-order valence-corrected chi connectivity index (χ2v) is 6.73. The van der Waals surface area contributed by atoms with Gasteiger partial charge in [0.15, 0.2) is 0 Å². The molecule has 0 aromatic heterocycles. The molecule has 4 heteroatoms. The van der Waals surface area contributed by atoms with Crippen LogP contribution in [0, 0.1) is 0 Å². The van der Waals surface area contributed by atoms with E-state index in [0.717, 1.165) is 43.8 Å². The summed E-state index contributed by atoms with van der Waals surface area (Å²) in [5, 5.41) is 2.98. The number of benzene rings is 2. The topological polar surface area (TPSA) is 47.6 Å². The van der Waals surface area contributed by atoms with Crippen LogP contribution in [0.1, 0.15) is 30.4 Å². The Hall–Kier alpha value is -2.33. The van der Waals surface area contributed by atoms with Gasteiger partial charge in [-0.2, -0.15) is 0 Å². The van der Waals surface area contributed by atoms with Crippen LogP contribution >= 0.6 is 0 Å². The highest BCUT2D eigenvalue weighted by molar-refractivity contribution is 5.76. The third kappa shape index (κ3) is 3.85. The van der Waals surface area contributed by atoms with Crippen molar-refractivity contribution in [3.05, 3.63) is 53.6 Å². The second kappa shape index (κ2) is 7.28. The Balaban J connectivity index is 1.34. The normalized spacial score (nSPS) is 18.6. The highest BCUT2D eigenvalue weighted by Crippen LogP contribution is 2.30. The quantitative estimate of drug-likeness (QED) is 0.909. The maximum atomic E-state index is 12.0. The predicted octanol–water partition coefficient (Wildman–Crippen LogP) is 3.47. The van der Waals surface area contributed by atoms with Crippen LogP contribution in [0.3, 0.4) is 0 Å². The molecule has 1 atom stereocenters. The molecule has 2 aliphatic heterocycles. The van der Waals surface area contributed by atoms with E-state index < -0.39 is 0 Å². The first-order valence-electron chi connectivity index (χ1n) is 9.01. The van der Waals surface area contributed by atoms with Crippen LogP contribution in [0.2, 0.25) is 0 Å². The summed E-state index contributed by atoms with van der Waals surface area (Å²) in [6.45, 7) is 2.13. The molecule has 1 amide bonds. The van der Waals surface area contributed by atoms with Gasteiger partial charge in [0.1, 0.15) is 5.75 Å². The highest BCUT2D eigenvalue weighted by atomic mass is 16.5. The number of nitrogens with one attached hydrogen (secondary N) is 1. The molecule has 2 aromatic carbocycles. The van der Waals surface area contributed by atoms with E-state index in [1.807, 2.05) is 0 Å². The number of carbonyl (C=O) groups is 1. The fraction of sp³-hybridized carbons (Fsp3) is 0.381. The molecule has 1 saturated heterocycles. The minimum absolute atomic E-state index is 0.0644. The summed E-state index contributed by atoms with van der Waals surface area (Å²) in [5.74, 6) is 1.07. The van der Waals surface area contributed by atoms with Crippen molar-refractivity contribution >= 4 is 5.91 Å². The molecule has 1 fully saturated rings. The third-order valence-electron chi connectivity index (χ3n) is 4.90. The van der Waals surface area contributed by atoms with Crippen molar-refractivity contribution in [2.75, 3.05) is 13.2 Å². The Morgan fingerprint density at radius 1 is 1.08 bits per heavy atom. The van der Waals surface area contributed by atoms with Gasteiger partial charge in [0, 0.05) is 19.6 Å². The third-order valence-corrected chi connectivity index (χ3v) is 4.90.